The number of esters is 1. The molecule has 3 N–H and O–H groups in total. The van der Waals surface area contributed by atoms with E-state index in [2.05, 4.69) is 0 Å². The van der Waals surface area contributed by atoms with E-state index >= 15 is 0 Å². The van der Waals surface area contributed by atoms with Crippen molar-refractivity contribution in [2.75, 3.05) is 26.3 Å². The zero-order chi connectivity index (χ0) is 18.4. The molecule has 1 saturated heterocycles. The van der Waals surface area contributed by atoms with Gasteiger partial charge in [-0.15, -0.1) is 0 Å². The fourth-order valence-corrected chi connectivity index (χ4v) is 3.28. The van der Waals surface area contributed by atoms with Crippen LogP contribution in [0, 0.1) is 5.41 Å². The van der Waals surface area contributed by atoms with Gasteiger partial charge in [0.2, 0.25) is 5.91 Å². The van der Waals surface area contributed by atoms with Gasteiger partial charge in [0.05, 0.1) is 18.6 Å². The van der Waals surface area contributed by atoms with Crippen LogP contribution in [-0.4, -0.2) is 61.1 Å². The Morgan fingerprint density at radius 1 is 1.20 bits per heavy atom. The standard InChI is InChI=1S/C16H25N3O6/c1-11(13(21)18-15(17)23)25-14(22)16(4-2-3-5-16)10-12(20)19-6-8-24-9-7-19/h11H,2-10H2,1H3,(H3,17,18,21,23)/t11-/m1/s1. The first kappa shape index (κ1) is 19.2. The van der Waals surface area contributed by atoms with E-state index in [1.54, 1.807) is 4.90 Å². The van der Waals surface area contributed by atoms with E-state index in [4.69, 9.17) is 15.2 Å². The number of carbonyl (C=O) groups is 4. The van der Waals surface area contributed by atoms with Gasteiger partial charge in [-0.05, 0) is 19.8 Å². The lowest BCUT2D eigenvalue weighted by Crippen LogP contribution is -2.46. The van der Waals surface area contributed by atoms with Gasteiger partial charge in [-0.2, -0.15) is 0 Å². The van der Waals surface area contributed by atoms with Crippen molar-refractivity contribution in [1.29, 1.82) is 0 Å². The fourth-order valence-electron chi connectivity index (χ4n) is 3.28. The SMILES string of the molecule is C[C@@H](OC(=O)C1(CC(=O)N2CCOCC2)CCCC1)C(=O)NC(N)=O. The number of hydrogen-bond donors (Lipinski definition) is 2. The number of carbonyl (C=O) groups excluding carboxylic acids is 4. The van der Waals surface area contributed by atoms with E-state index in [9.17, 15) is 19.2 Å². The highest BCUT2D eigenvalue weighted by Crippen LogP contribution is 2.43. The molecule has 140 valence electrons. The molecule has 2 rings (SSSR count). The Labute approximate surface area is 146 Å². The van der Waals surface area contributed by atoms with Gasteiger partial charge in [-0.3, -0.25) is 19.7 Å². The van der Waals surface area contributed by atoms with Crippen LogP contribution in [0.1, 0.15) is 39.0 Å². The highest BCUT2D eigenvalue weighted by atomic mass is 16.5. The van der Waals surface area contributed by atoms with Crippen LogP contribution in [0.4, 0.5) is 4.79 Å². The first-order valence-corrected chi connectivity index (χ1v) is 8.51. The molecule has 1 aliphatic carbocycles. The van der Waals surface area contributed by atoms with E-state index in [-0.39, 0.29) is 12.3 Å². The zero-order valence-corrected chi connectivity index (χ0v) is 14.4. The highest BCUT2D eigenvalue weighted by molar-refractivity contribution is 5.97. The number of morpholine rings is 1. The number of ether oxygens (including phenoxy) is 2. The van der Waals surface area contributed by atoms with E-state index in [0.29, 0.717) is 39.1 Å². The first-order chi connectivity index (χ1) is 11.8. The van der Waals surface area contributed by atoms with Crippen LogP contribution in [0.15, 0.2) is 0 Å². The van der Waals surface area contributed by atoms with Crippen LogP contribution in [0.3, 0.4) is 0 Å². The quantitative estimate of drug-likeness (QED) is 0.664. The number of hydrogen-bond acceptors (Lipinski definition) is 6. The summed E-state index contributed by atoms with van der Waals surface area (Å²) in [6.45, 7) is 3.38. The summed E-state index contributed by atoms with van der Waals surface area (Å²) in [6.07, 6.45) is 1.66. The van der Waals surface area contributed by atoms with Gasteiger partial charge in [0.25, 0.3) is 5.91 Å². The third-order valence-corrected chi connectivity index (χ3v) is 4.75. The lowest BCUT2D eigenvalue weighted by molar-refractivity contribution is -0.167. The minimum Gasteiger partial charge on any atom is -0.452 e. The summed E-state index contributed by atoms with van der Waals surface area (Å²) in [5, 5.41) is 1.88. The molecule has 1 heterocycles. The first-order valence-electron chi connectivity index (χ1n) is 8.51. The minimum atomic E-state index is -1.16. The average Bonchev–Trinajstić information content (AvgIpc) is 3.04. The van der Waals surface area contributed by atoms with E-state index in [1.165, 1.54) is 6.92 Å². The summed E-state index contributed by atoms with van der Waals surface area (Å²) >= 11 is 0. The number of urea groups is 1. The maximum atomic E-state index is 12.7. The van der Waals surface area contributed by atoms with Crippen molar-refractivity contribution < 1.29 is 28.7 Å². The Hall–Kier alpha value is -2.16. The number of nitrogens with one attached hydrogen (secondary N) is 1. The maximum Gasteiger partial charge on any atom is 0.318 e. The van der Waals surface area contributed by atoms with Crippen LogP contribution >= 0.6 is 0 Å². The molecule has 9 nitrogen and oxygen atoms in total. The summed E-state index contributed by atoms with van der Waals surface area (Å²) in [5.41, 5.74) is 3.98. The molecule has 0 unspecified atom stereocenters. The predicted octanol–water partition coefficient (Wildman–Crippen LogP) is -0.0777. The zero-order valence-electron chi connectivity index (χ0n) is 14.4. The molecule has 0 bridgehead atoms. The van der Waals surface area contributed by atoms with Crippen LogP contribution < -0.4 is 11.1 Å². The second-order valence-corrected chi connectivity index (χ2v) is 6.56. The Kier molecular flexibility index (Phi) is 6.35. The molecule has 4 amide bonds. The Morgan fingerprint density at radius 3 is 2.36 bits per heavy atom. The van der Waals surface area contributed by atoms with E-state index in [1.807, 2.05) is 5.32 Å². The second kappa shape index (κ2) is 8.28. The third kappa shape index (κ3) is 4.91. The van der Waals surface area contributed by atoms with Gasteiger partial charge in [0, 0.05) is 19.5 Å². The van der Waals surface area contributed by atoms with Gasteiger partial charge in [-0.25, -0.2) is 4.79 Å². The van der Waals surface area contributed by atoms with Gasteiger partial charge in [0.15, 0.2) is 6.10 Å². The largest absolute Gasteiger partial charge is 0.452 e. The highest BCUT2D eigenvalue weighted by Gasteiger charge is 2.46. The maximum absolute atomic E-state index is 12.7. The van der Waals surface area contributed by atoms with E-state index in [0.717, 1.165) is 12.8 Å². The van der Waals surface area contributed by atoms with Crippen LogP contribution in [-0.2, 0) is 23.9 Å². The van der Waals surface area contributed by atoms with E-state index < -0.39 is 29.4 Å². The summed E-state index contributed by atoms with van der Waals surface area (Å²) in [7, 11) is 0. The number of nitrogens with zero attached hydrogens (tertiary/aromatic N) is 1. The third-order valence-electron chi connectivity index (χ3n) is 4.75. The van der Waals surface area contributed by atoms with Gasteiger partial charge >= 0.3 is 12.0 Å². The van der Waals surface area contributed by atoms with Gasteiger partial charge < -0.3 is 20.1 Å². The number of imide groups is 1. The van der Waals surface area contributed by atoms with Crippen molar-refractivity contribution in [3.8, 4) is 0 Å². The molecule has 1 saturated carbocycles. The molecule has 0 radical (unpaired) electrons. The molecule has 25 heavy (non-hydrogen) atoms. The summed E-state index contributed by atoms with van der Waals surface area (Å²) in [6, 6.07) is -1.01. The Balaban J connectivity index is 2.00. The molecule has 1 aliphatic heterocycles. The molecule has 9 heteroatoms. The molecule has 2 aliphatic rings. The van der Waals surface area contributed by atoms with Crippen LogP contribution in [0.5, 0.6) is 0 Å². The van der Waals surface area contributed by atoms with Gasteiger partial charge in [-0.1, -0.05) is 12.8 Å². The lowest BCUT2D eigenvalue weighted by Gasteiger charge is -2.32. The number of amides is 4. The summed E-state index contributed by atoms with van der Waals surface area (Å²) < 4.78 is 10.5. The molecule has 0 aromatic rings. The molecule has 0 aromatic heterocycles. The Bertz CT molecular complexity index is 538. The molecule has 2 fully saturated rings. The average molecular weight is 355 g/mol. The van der Waals surface area contributed by atoms with Gasteiger partial charge in [0.1, 0.15) is 0 Å². The number of primary amides is 1. The van der Waals surface area contributed by atoms with Crippen molar-refractivity contribution in [3.05, 3.63) is 0 Å². The summed E-state index contributed by atoms with van der Waals surface area (Å²) in [4.78, 5) is 49.3. The molecule has 1 atom stereocenters. The fraction of sp³-hybridized carbons (Fsp3) is 0.750. The lowest BCUT2D eigenvalue weighted by atomic mass is 9.82. The molecule has 0 spiro atoms. The van der Waals surface area contributed by atoms with Crippen molar-refractivity contribution in [1.82, 2.24) is 10.2 Å². The minimum absolute atomic E-state index is 0.0655. The second-order valence-electron chi connectivity index (χ2n) is 6.56. The normalized spacial score (nSPS) is 20.6. The van der Waals surface area contributed by atoms with Crippen LogP contribution in [0.2, 0.25) is 0 Å². The number of rotatable bonds is 5. The predicted molar refractivity (Wildman–Crippen MR) is 86.2 cm³/mol. The smallest absolute Gasteiger partial charge is 0.318 e. The van der Waals surface area contributed by atoms with Crippen molar-refractivity contribution >= 4 is 23.8 Å². The summed E-state index contributed by atoms with van der Waals surface area (Å²) in [5.74, 6) is -1.45. The monoisotopic (exact) mass is 355 g/mol. The number of nitrogens with two attached hydrogens (primary N) is 1. The topological polar surface area (TPSA) is 128 Å². The van der Waals surface area contributed by atoms with Crippen LogP contribution in [0.25, 0.3) is 0 Å². The van der Waals surface area contributed by atoms with Crippen molar-refractivity contribution in [2.45, 2.75) is 45.1 Å². The van der Waals surface area contributed by atoms with Crippen molar-refractivity contribution in [3.63, 3.8) is 0 Å². The molecular formula is C16H25N3O6. The molecule has 0 aromatic carbocycles. The molecular weight excluding hydrogens is 330 g/mol. The van der Waals surface area contributed by atoms with Crippen molar-refractivity contribution in [2.24, 2.45) is 11.1 Å². The Morgan fingerprint density at radius 2 is 1.80 bits per heavy atom.